The first-order valence-electron chi connectivity index (χ1n) is 15.9. The molecule has 0 unspecified atom stereocenters. The van der Waals surface area contributed by atoms with Gasteiger partial charge in [-0.2, -0.15) is 0 Å². The van der Waals surface area contributed by atoms with Crippen molar-refractivity contribution in [1.82, 2.24) is 9.13 Å². The number of rotatable bonds is 6. The van der Waals surface area contributed by atoms with Gasteiger partial charge in [0.25, 0.3) is 0 Å². The molecular weight excluding hydrogens is 664 g/mol. The molecule has 0 aliphatic heterocycles. The van der Waals surface area contributed by atoms with Crippen molar-refractivity contribution in [3.05, 3.63) is 152 Å². The molecule has 4 aromatic carbocycles. The van der Waals surface area contributed by atoms with Gasteiger partial charge in [-0.1, -0.05) is 0 Å². The Hall–Kier alpha value is -5.05. The summed E-state index contributed by atoms with van der Waals surface area (Å²) in [6.45, 7) is 3.57. The van der Waals surface area contributed by atoms with E-state index in [1.165, 1.54) is 36.4 Å². The zero-order chi connectivity index (χ0) is 34.2. The van der Waals surface area contributed by atoms with Crippen molar-refractivity contribution in [2.75, 3.05) is 0 Å². The van der Waals surface area contributed by atoms with Crippen LogP contribution in [0.15, 0.2) is 117 Å². The van der Waals surface area contributed by atoms with Gasteiger partial charge in [0.2, 0.25) is 0 Å². The molecular formula is C40H30F4N2O2Ti. The topological polar surface area (TPSA) is 50.3 Å². The summed E-state index contributed by atoms with van der Waals surface area (Å²) in [6, 6.07) is 18.2. The minimum absolute atomic E-state index is 0.0479. The summed E-state index contributed by atoms with van der Waals surface area (Å²) in [6.07, 6.45) is 11.4. The van der Waals surface area contributed by atoms with Gasteiger partial charge in [-0.15, -0.1) is 0 Å². The second kappa shape index (κ2) is 11.5. The fourth-order valence-electron chi connectivity index (χ4n) is 7.86. The Labute approximate surface area is 283 Å². The third-order valence-electron chi connectivity index (χ3n) is 9.82. The summed E-state index contributed by atoms with van der Waals surface area (Å²) in [4.78, 5) is 0. The molecule has 2 aliphatic carbocycles. The van der Waals surface area contributed by atoms with Gasteiger partial charge in [0.1, 0.15) is 0 Å². The molecule has 244 valence electrons. The fraction of sp³-hybridized carbons (Fsp3) is 0.100. The summed E-state index contributed by atoms with van der Waals surface area (Å²) in [5.74, 6) is -3.39. The second-order valence-corrected chi connectivity index (χ2v) is 18.5. The number of fused-ring (bicyclic) bond motifs is 2. The van der Waals surface area contributed by atoms with E-state index in [9.17, 15) is 10.2 Å². The van der Waals surface area contributed by atoms with Crippen LogP contribution in [0.1, 0.15) is 24.2 Å². The summed E-state index contributed by atoms with van der Waals surface area (Å²) in [7, 11) is 0. The van der Waals surface area contributed by atoms with E-state index in [1.807, 2.05) is 12.2 Å². The molecule has 2 aromatic heterocycles. The molecule has 0 radical (unpaired) electrons. The Morgan fingerprint density at radius 1 is 0.571 bits per heavy atom. The number of aryl methyl sites for hydroxylation is 2. The molecule has 9 heteroatoms. The fourth-order valence-corrected chi connectivity index (χ4v) is 16.1. The first kappa shape index (κ1) is 31.2. The number of aromatic nitrogens is 2. The van der Waals surface area contributed by atoms with E-state index < -0.39 is 39.9 Å². The van der Waals surface area contributed by atoms with Crippen molar-refractivity contribution in [3.8, 4) is 22.9 Å². The van der Waals surface area contributed by atoms with Crippen LogP contribution in [0.5, 0.6) is 11.5 Å². The predicted molar refractivity (Wildman–Crippen MR) is 182 cm³/mol. The molecule has 2 heterocycles. The molecule has 6 aromatic rings. The van der Waals surface area contributed by atoms with E-state index in [0.29, 0.717) is 53.8 Å². The van der Waals surface area contributed by atoms with Crippen molar-refractivity contribution in [2.45, 2.75) is 26.7 Å². The number of allylic oxidation sites excluding steroid dienone is 8. The van der Waals surface area contributed by atoms with Gasteiger partial charge >= 0.3 is 284 Å². The van der Waals surface area contributed by atoms with Crippen molar-refractivity contribution < 1.29 is 44.4 Å². The molecule has 0 saturated carbocycles. The maximum atomic E-state index is 17.7. The standard InChI is InChI=1S/2C15H10F2NO.2C5H5.Ti/c2*1-9-6-10-7-12(19)3-5-14(10)18(9)15-4-2-11(16)8-13(15)17;2*1-2-4-5-3-1;/h2*2-7,19H,1H3;2*1-3H,4H2;. The quantitative estimate of drug-likeness (QED) is 0.135. The van der Waals surface area contributed by atoms with E-state index in [0.717, 1.165) is 0 Å². The molecule has 2 aliphatic rings. The van der Waals surface area contributed by atoms with Gasteiger partial charge in [-0.3, -0.25) is 0 Å². The molecule has 2 N–H and O–H groups in total. The van der Waals surface area contributed by atoms with E-state index >= 15 is 17.6 Å². The van der Waals surface area contributed by atoms with Gasteiger partial charge in [0.05, 0.1) is 0 Å². The normalized spacial score (nSPS) is 14.4. The van der Waals surface area contributed by atoms with Gasteiger partial charge in [-0.25, -0.2) is 0 Å². The average molecular weight is 695 g/mol. The third-order valence-corrected chi connectivity index (χ3v) is 17.8. The molecule has 4 nitrogen and oxygen atoms in total. The summed E-state index contributed by atoms with van der Waals surface area (Å²) in [5.41, 5.74) is 2.55. The number of halogens is 4. The SMILES string of the molecule is Cc1cc2cc(O)ccc2n1-c1ccc(F)[c]([Ti]([C]2=CC=CC2)([C]2=CC=CC2)[c]2c(F)ccc(-n3c(C)cc4cc(O)ccc43)c2F)c1F. The van der Waals surface area contributed by atoms with Crippen LogP contribution in [0.2, 0.25) is 0 Å². The van der Waals surface area contributed by atoms with Crippen LogP contribution in [-0.4, -0.2) is 19.3 Å². The van der Waals surface area contributed by atoms with E-state index in [-0.39, 0.29) is 30.6 Å². The van der Waals surface area contributed by atoms with Crippen LogP contribution in [0.3, 0.4) is 0 Å². The molecule has 0 bridgehead atoms. The van der Waals surface area contributed by atoms with Gasteiger partial charge in [-0.05, 0) is 0 Å². The van der Waals surface area contributed by atoms with Crippen LogP contribution in [0.25, 0.3) is 33.2 Å². The number of hydrogen-bond donors (Lipinski definition) is 2. The van der Waals surface area contributed by atoms with Crippen LogP contribution < -0.4 is 7.74 Å². The Bertz CT molecular complexity index is 2330. The van der Waals surface area contributed by atoms with Gasteiger partial charge in [0.15, 0.2) is 0 Å². The van der Waals surface area contributed by atoms with E-state index in [2.05, 4.69) is 0 Å². The predicted octanol–water partition coefficient (Wildman–Crippen LogP) is 8.95. The van der Waals surface area contributed by atoms with Crippen LogP contribution in [0.4, 0.5) is 17.6 Å². The van der Waals surface area contributed by atoms with Gasteiger partial charge < -0.3 is 0 Å². The number of nitrogens with zero attached hydrogens (tertiary/aromatic N) is 2. The number of hydrogen-bond acceptors (Lipinski definition) is 2. The van der Waals surface area contributed by atoms with Gasteiger partial charge in [0, 0.05) is 0 Å². The van der Waals surface area contributed by atoms with Crippen LogP contribution >= 0.6 is 0 Å². The Morgan fingerprint density at radius 3 is 1.39 bits per heavy atom. The number of benzene rings is 4. The minimum atomic E-state index is -5.16. The average Bonchev–Trinajstić information content (AvgIpc) is 3.88. The van der Waals surface area contributed by atoms with Crippen molar-refractivity contribution in [3.63, 3.8) is 0 Å². The monoisotopic (exact) mass is 694 g/mol. The molecule has 0 saturated heterocycles. The van der Waals surface area contributed by atoms with E-state index in [4.69, 9.17) is 0 Å². The zero-order valence-electron chi connectivity index (χ0n) is 26.6. The Balaban J connectivity index is 1.48. The van der Waals surface area contributed by atoms with Crippen molar-refractivity contribution in [1.29, 1.82) is 0 Å². The first-order valence-corrected chi connectivity index (χ1v) is 19.1. The van der Waals surface area contributed by atoms with Crippen LogP contribution in [0, 0.1) is 37.1 Å². The third kappa shape index (κ3) is 4.61. The molecule has 49 heavy (non-hydrogen) atoms. The number of phenolic OH excluding ortho intramolecular Hbond substituents is 2. The number of phenols is 2. The molecule has 0 spiro atoms. The maximum absolute atomic E-state index is 17.7. The second-order valence-electron chi connectivity index (χ2n) is 12.6. The first-order chi connectivity index (χ1) is 23.6. The van der Waals surface area contributed by atoms with E-state index in [1.54, 1.807) is 83.7 Å². The Morgan fingerprint density at radius 2 is 1.00 bits per heavy atom. The van der Waals surface area contributed by atoms with Crippen molar-refractivity contribution in [2.24, 2.45) is 0 Å². The van der Waals surface area contributed by atoms with Crippen LogP contribution in [-0.2, 0) is 16.6 Å². The summed E-state index contributed by atoms with van der Waals surface area (Å²) < 4.78 is 72.8. The number of aromatic hydroxyl groups is 2. The zero-order valence-corrected chi connectivity index (χ0v) is 28.2. The molecule has 0 amide bonds. The Kier molecular flexibility index (Phi) is 7.35. The summed E-state index contributed by atoms with van der Waals surface area (Å²) >= 11 is -5.16. The molecule has 8 rings (SSSR count). The summed E-state index contributed by atoms with van der Waals surface area (Å²) in [5, 5.41) is 21.5. The van der Waals surface area contributed by atoms with Crippen molar-refractivity contribution >= 4 is 29.5 Å². The molecule has 0 atom stereocenters. The molecule has 0 fully saturated rings.